The van der Waals surface area contributed by atoms with E-state index in [9.17, 15) is 4.79 Å². The van der Waals surface area contributed by atoms with Crippen molar-refractivity contribution < 1.29 is 9.53 Å². The van der Waals surface area contributed by atoms with E-state index in [1.807, 2.05) is 18.7 Å². The molecule has 0 saturated carbocycles. The summed E-state index contributed by atoms with van der Waals surface area (Å²) in [5.74, 6) is 0. The number of cyclic esters (lactones) is 1. The summed E-state index contributed by atoms with van der Waals surface area (Å²) in [7, 11) is 0. The largest absolute Gasteiger partial charge is 0.441 e. The average molecular weight is 170 g/mol. The minimum Gasteiger partial charge on any atom is -0.441 e. The lowest BCUT2D eigenvalue weighted by atomic mass is 9.97. The monoisotopic (exact) mass is 170 g/mol. The second-order valence-corrected chi connectivity index (χ2v) is 3.88. The fourth-order valence-electron chi connectivity index (χ4n) is 1.90. The van der Waals surface area contributed by atoms with Crippen molar-refractivity contribution >= 4 is 6.09 Å². The highest BCUT2D eigenvalue weighted by atomic mass is 16.6. The molecular formula is C8H14N2O2. The predicted molar refractivity (Wildman–Crippen MR) is 43.9 cm³/mol. The molecule has 4 heteroatoms. The van der Waals surface area contributed by atoms with Crippen LogP contribution in [0.2, 0.25) is 0 Å². The van der Waals surface area contributed by atoms with Crippen LogP contribution in [-0.4, -0.2) is 42.3 Å². The summed E-state index contributed by atoms with van der Waals surface area (Å²) < 4.78 is 5.24. The smallest absolute Gasteiger partial charge is 0.410 e. The Morgan fingerprint density at radius 1 is 1.67 bits per heavy atom. The van der Waals surface area contributed by atoms with E-state index in [0.29, 0.717) is 0 Å². The highest BCUT2D eigenvalue weighted by Gasteiger charge is 2.48. The zero-order valence-electron chi connectivity index (χ0n) is 7.46. The Kier molecular flexibility index (Phi) is 1.54. The number of rotatable bonds is 0. The van der Waals surface area contributed by atoms with E-state index in [2.05, 4.69) is 5.32 Å². The molecule has 12 heavy (non-hydrogen) atoms. The number of amides is 1. The Bertz CT molecular complexity index is 215. The van der Waals surface area contributed by atoms with Crippen LogP contribution in [0.4, 0.5) is 4.79 Å². The lowest BCUT2D eigenvalue weighted by Gasteiger charge is -2.32. The van der Waals surface area contributed by atoms with Gasteiger partial charge in [0.2, 0.25) is 0 Å². The molecule has 2 aliphatic heterocycles. The summed E-state index contributed by atoms with van der Waals surface area (Å²) >= 11 is 0. The number of carbonyl (C=O) groups is 1. The fourth-order valence-corrected chi connectivity index (χ4v) is 1.90. The maximum absolute atomic E-state index is 11.3. The molecule has 0 aromatic rings. The van der Waals surface area contributed by atoms with Crippen molar-refractivity contribution in [2.24, 2.45) is 0 Å². The molecule has 1 atom stereocenters. The average Bonchev–Trinajstić information content (AvgIpc) is 2.25. The molecule has 68 valence electrons. The van der Waals surface area contributed by atoms with Crippen molar-refractivity contribution in [3.8, 4) is 0 Å². The van der Waals surface area contributed by atoms with E-state index < -0.39 is 0 Å². The predicted octanol–water partition coefficient (Wildman–Crippen LogP) is 0.189. The van der Waals surface area contributed by atoms with Gasteiger partial charge >= 0.3 is 6.09 Å². The summed E-state index contributed by atoms with van der Waals surface area (Å²) in [6.07, 6.45) is -0.161. The molecular weight excluding hydrogens is 156 g/mol. The third-order valence-corrected chi connectivity index (χ3v) is 2.63. The van der Waals surface area contributed by atoms with Crippen LogP contribution in [0.1, 0.15) is 13.8 Å². The third kappa shape index (κ3) is 0.982. The van der Waals surface area contributed by atoms with Crippen LogP contribution < -0.4 is 5.32 Å². The number of hydrogen-bond donors (Lipinski definition) is 1. The van der Waals surface area contributed by atoms with Gasteiger partial charge in [-0.3, -0.25) is 4.90 Å². The maximum atomic E-state index is 11.3. The Morgan fingerprint density at radius 3 is 3.08 bits per heavy atom. The van der Waals surface area contributed by atoms with Crippen LogP contribution in [0.3, 0.4) is 0 Å². The topological polar surface area (TPSA) is 41.6 Å². The van der Waals surface area contributed by atoms with Gasteiger partial charge in [-0.25, -0.2) is 4.79 Å². The van der Waals surface area contributed by atoms with Crippen LogP contribution in [0.25, 0.3) is 0 Å². The first-order valence-electron chi connectivity index (χ1n) is 4.31. The molecule has 0 radical (unpaired) electrons. The molecule has 2 fully saturated rings. The molecule has 0 aromatic heterocycles. The molecule has 2 saturated heterocycles. The highest BCUT2D eigenvalue weighted by Crippen LogP contribution is 2.29. The molecule has 1 N–H and O–H groups in total. The standard InChI is InChI=1S/C8H14N2O2/c1-8(2)6-5-9-3-4-10(6)7(11)12-8/h6,9H,3-5H2,1-2H3/t6-/m0/s1. The van der Waals surface area contributed by atoms with Gasteiger partial charge in [0.1, 0.15) is 5.60 Å². The van der Waals surface area contributed by atoms with Crippen LogP contribution >= 0.6 is 0 Å². The molecule has 0 spiro atoms. The van der Waals surface area contributed by atoms with E-state index in [0.717, 1.165) is 19.6 Å². The normalized spacial score (nSPS) is 33.0. The van der Waals surface area contributed by atoms with Crippen molar-refractivity contribution in [3.63, 3.8) is 0 Å². The van der Waals surface area contributed by atoms with Crippen molar-refractivity contribution in [1.82, 2.24) is 10.2 Å². The summed E-state index contributed by atoms with van der Waals surface area (Å²) in [6, 6.07) is 0.207. The Labute approximate surface area is 71.9 Å². The van der Waals surface area contributed by atoms with Crippen LogP contribution in [0.5, 0.6) is 0 Å². The lowest BCUT2D eigenvalue weighted by Crippen LogP contribution is -2.54. The SMILES string of the molecule is CC1(C)OC(=O)N2CCNC[C@H]21. The van der Waals surface area contributed by atoms with Crippen LogP contribution in [-0.2, 0) is 4.74 Å². The summed E-state index contributed by atoms with van der Waals surface area (Å²) in [6.45, 7) is 6.42. The molecule has 4 nitrogen and oxygen atoms in total. The summed E-state index contributed by atoms with van der Waals surface area (Å²) in [5, 5.41) is 3.26. The number of nitrogens with one attached hydrogen (secondary N) is 1. The quantitative estimate of drug-likeness (QED) is 0.564. The third-order valence-electron chi connectivity index (χ3n) is 2.63. The van der Waals surface area contributed by atoms with E-state index in [-0.39, 0.29) is 17.7 Å². The van der Waals surface area contributed by atoms with Gasteiger partial charge in [0, 0.05) is 19.6 Å². The number of hydrogen-bond acceptors (Lipinski definition) is 3. The molecule has 1 amide bonds. The van der Waals surface area contributed by atoms with Gasteiger partial charge in [-0.15, -0.1) is 0 Å². The van der Waals surface area contributed by atoms with Crippen LogP contribution in [0, 0.1) is 0 Å². The first kappa shape index (κ1) is 7.86. The molecule has 0 aliphatic carbocycles. The maximum Gasteiger partial charge on any atom is 0.410 e. The molecule has 0 bridgehead atoms. The van der Waals surface area contributed by atoms with Gasteiger partial charge in [-0.1, -0.05) is 0 Å². The highest BCUT2D eigenvalue weighted by molar-refractivity contribution is 5.71. The molecule has 0 aromatic carbocycles. The first-order chi connectivity index (χ1) is 5.61. The second-order valence-electron chi connectivity index (χ2n) is 3.88. The molecule has 0 unspecified atom stereocenters. The van der Waals surface area contributed by atoms with Crippen molar-refractivity contribution in [2.75, 3.05) is 19.6 Å². The zero-order valence-corrected chi connectivity index (χ0v) is 7.46. The Hall–Kier alpha value is -0.770. The van der Waals surface area contributed by atoms with Crippen molar-refractivity contribution in [2.45, 2.75) is 25.5 Å². The summed E-state index contributed by atoms with van der Waals surface area (Å²) in [4.78, 5) is 13.1. The van der Waals surface area contributed by atoms with Gasteiger partial charge in [0.15, 0.2) is 0 Å². The van der Waals surface area contributed by atoms with E-state index in [4.69, 9.17) is 4.74 Å². The molecule has 2 rings (SSSR count). The van der Waals surface area contributed by atoms with Gasteiger partial charge in [0.05, 0.1) is 6.04 Å². The molecule has 2 aliphatic rings. The number of fused-ring (bicyclic) bond motifs is 1. The first-order valence-corrected chi connectivity index (χ1v) is 4.31. The minimum atomic E-state index is -0.329. The van der Waals surface area contributed by atoms with Gasteiger partial charge in [-0.05, 0) is 13.8 Å². The number of piperazine rings is 1. The molecule has 2 heterocycles. The van der Waals surface area contributed by atoms with Gasteiger partial charge in [-0.2, -0.15) is 0 Å². The minimum absolute atomic E-state index is 0.161. The summed E-state index contributed by atoms with van der Waals surface area (Å²) in [5.41, 5.74) is -0.329. The Balaban J connectivity index is 2.22. The number of ether oxygens (including phenoxy) is 1. The van der Waals surface area contributed by atoms with E-state index in [1.165, 1.54) is 0 Å². The lowest BCUT2D eigenvalue weighted by molar-refractivity contribution is 0.0660. The second kappa shape index (κ2) is 2.36. The van der Waals surface area contributed by atoms with Crippen molar-refractivity contribution in [1.29, 1.82) is 0 Å². The van der Waals surface area contributed by atoms with Gasteiger partial charge < -0.3 is 10.1 Å². The van der Waals surface area contributed by atoms with Crippen molar-refractivity contribution in [3.05, 3.63) is 0 Å². The van der Waals surface area contributed by atoms with E-state index >= 15 is 0 Å². The Morgan fingerprint density at radius 2 is 2.42 bits per heavy atom. The van der Waals surface area contributed by atoms with E-state index in [1.54, 1.807) is 0 Å². The number of carbonyl (C=O) groups excluding carboxylic acids is 1. The van der Waals surface area contributed by atoms with Gasteiger partial charge in [0.25, 0.3) is 0 Å². The zero-order chi connectivity index (χ0) is 8.77. The fraction of sp³-hybridized carbons (Fsp3) is 0.875. The number of nitrogens with zero attached hydrogens (tertiary/aromatic N) is 1. The van der Waals surface area contributed by atoms with Crippen LogP contribution in [0.15, 0.2) is 0 Å².